The largest absolute Gasteiger partial charge is 0.496 e. The first-order valence-corrected chi connectivity index (χ1v) is 9.66. The first-order chi connectivity index (χ1) is 12.6. The molecule has 132 valence electrons. The number of ether oxygens (including phenoxy) is 1. The molecule has 0 saturated carbocycles. The number of hydrogen-bond acceptors (Lipinski definition) is 5. The molecule has 0 aliphatic heterocycles. The molecule has 26 heavy (non-hydrogen) atoms. The van der Waals surface area contributed by atoms with Gasteiger partial charge in [0.1, 0.15) is 5.75 Å². The van der Waals surface area contributed by atoms with Crippen LogP contribution in [0.4, 0.5) is 0 Å². The van der Waals surface area contributed by atoms with Crippen LogP contribution in [0.5, 0.6) is 5.75 Å². The summed E-state index contributed by atoms with van der Waals surface area (Å²) in [5.41, 5.74) is 1.87. The van der Waals surface area contributed by atoms with Gasteiger partial charge in [-0.3, -0.25) is 13.8 Å². The van der Waals surface area contributed by atoms with E-state index in [9.17, 15) is 4.79 Å². The third-order valence-corrected chi connectivity index (χ3v) is 5.80. The van der Waals surface area contributed by atoms with Crippen molar-refractivity contribution in [3.8, 4) is 5.75 Å². The van der Waals surface area contributed by atoms with Crippen molar-refractivity contribution in [1.29, 1.82) is 0 Å². The van der Waals surface area contributed by atoms with E-state index in [1.807, 2.05) is 46.9 Å². The maximum Gasteiger partial charge on any atom is 0.262 e. The highest BCUT2D eigenvalue weighted by Gasteiger charge is 2.15. The van der Waals surface area contributed by atoms with Crippen LogP contribution in [0.15, 0.2) is 56.9 Å². The van der Waals surface area contributed by atoms with Crippen LogP contribution < -0.4 is 10.3 Å². The molecule has 2 heterocycles. The third kappa shape index (κ3) is 2.79. The van der Waals surface area contributed by atoms with Gasteiger partial charge in [-0.25, -0.2) is 0 Å². The summed E-state index contributed by atoms with van der Waals surface area (Å²) < 4.78 is 9.64. The zero-order valence-corrected chi connectivity index (χ0v) is 16.5. The lowest BCUT2D eigenvalue weighted by molar-refractivity contribution is 0.412. The Labute approximate surface area is 161 Å². The van der Waals surface area contributed by atoms with E-state index in [2.05, 4.69) is 26.1 Å². The number of methoxy groups -OCH3 is 1. The Morgan fingerprint density at radius 1 is 1.19 bits per heavy atom. The predicted molar refractivity (Wildman–Crippen MR) is 106 cm³/mol. The Hall–Kier alpha value is -2.32. The highest BCUT2D eigenvalue weighted by atomic mass is 79.9. The molecule has 0 unspecified atom stereocenters. The number of hydrogen-bond donors (Lipinski definition) is 0. The first-order valence-electron chi connectivity index (χ1n) is 7.88. The second-order valence-electron chi connectivity index (χ2n) is 5.76. The normalized spacial score (nSPS) is 11.3. The average Bonchev–Trinajstić information content (AvgIpc) is 3.09. The molecule has 4 aromatic rings. The number of para-hydroxylation sites is 1. The average molecular weight is 431 g/mol. The fraction of sp³-hybridized carbons (Fsp3) is 0.167. The molecule has 0 aliphatic rings. The number of aryl methyl sites for hydroxylation is 1. The van der Waals surface area contributed by atoms with Crippen molar-refractivity contribution in [3.05, 3.63) is 62.9 Å². The molecular weight excluding hydrogens is 416 g/mol. The minimum atomic E-state index is -0.0730. The minimum Gasteiger partial charge on any atom is -0.496 e. The molecule has 2 aromatic heterocycles. The standard InChI is InChI=1S/C18H15BrN4O2S/c1-22-16(24)12-5-3-4-6-14(12)23-17(22)20-21-18(23)26-10-11-7-8-15(25-2)13(19)9-11/h3-9H,10H2,1-2H3. The Morgan fingerprint density at radius 3 is 2.77 bits per heavy atom. The summed E-state index contributed by atoms with van der Waals surface area (Å²) in [5.74, 6) is 2.06. The smallest absolute Gasteiger partial charge is 0.262 e. The van der Waals surface area contributed by atoms with E-state index in [-0.39, 0.29) is 5.56 Å². The van der Waals surface area contributed by atoms with Gasteiger partial charge in [-0.05, 0) is 45.8 Å². The van der Waals surface area contributed by atoms with Gasteiger partial charge in [-0.15, -0.1) is 10.2 Å². The van der Waals surface area contributed by atoms with Crippen LogP contribution in [-0.4, -0.2) is 26.3 Å². The first kappa shape index (κ1) is 17.1. The predicted octanol–water partition coefficient (Wildman–Crippen LogP) is 3.64. The topological polar surface area (TPSA) is 61.4 Å². The summed E-state index contributed by atoms with van der Waals surface area (Å²) >= 11 is 5.08. The number of thioether (sulfide) groups is 1. The SMILES string of the molecule is COc1ccc(CSc2nnc3n(C)c(=O)c4ccccc4n23)cc1Br. The zero-order valence-electron chi connectivity index (χ0n) is 14.1. The quantitative estimate of drug-likeness (QED) is 0.462. The fourth-order valence-corrected chi connectivity index (χ4v) is 4.32. The zero-order chi connectivity index (χ0) is 18.3. The van der Waals surface area contributed by atoms with Crippen LogP contribution in [0.2, 0.25) is 0 Å². The molecule has 0 atom stereocenters. The molecule has 0 fully saturated rings. The summed E-state index contributed by atoms with van der Waals surface area (Å²) in [6.45, 7) is 0. The van der Waals surface area contributed by atoms with E-state index in [1.54, 1.807) is 25.9 Å². The van der Waals surface area contributed by atoms with Gasteiger partial charge in [0, 0.05) is 12.8 Å². The fourth-order valence-electron chi connectivity index (χ4n) is 2.85. The van der Waals surface area contributed by atoms with Crippen LogP contribution in [-0.2, 0) is 12.8 Å². The lowest BCUT2D eigenvalue weighted by Gasteiger charge is -2.08. The van der Waals surface area contributed by atoms with E-state index in [1.165, 1.54) is 4.57 Å². The molecule has 4 rings (SSSR count). The summed E-state index contributed by atoms with van der Waals surface area (Å²) in [6, 6.07) is 13.5. The van der Waals surface area contributed by atoms with E-state index in [0.717, 1.165) is 32.2 Å². The van der Waals surface area contributed by atoms with Gasteiger partial charge in [-0.2, -0.15) is 0 Å². The minimum absolute atomic E-state index is 0.0730. The number of benzene rings is 2. The van der Waals surface area contributed by atoms with Crippen molar-refractivity contribution in [2.75, 3.05) is 7.11 Å². The summed E-state index contributed by atoms with van der Waals surface area (Å²) in [6.07, 6.45) is 0. The molecule has 0 N–H and O–H groups in total. The van der Waals surface area contributed by atoms with Crippen molar-refractivity contribution < 1.29 is 4.74 Å². The Kier molecular flexibility index (Phi) is 4.46. The van der Waals surface area contributed by atoms with Gasteiger partial charge in [0.25, 0.3) is 5.56 Å². The van der Waals surface area contributed by atoms with Crippen molar-refractivity contribution in [3.63, 3.8) is 0 Å². The lowest BCUT2D eigenvalue weighted by atomic mass is 10.2. The van der Waals surface area contributed by atoms with E-state index in [4.69, 9.17) is 4.74 Å². The number of rotatable bonds is 4. The number of aromatic nitrogens is 4. The van der Waals surface area contributed by atoms with Crippen molar-refractivity contribution in [2.24, 2.45) is 7.05 Å². The molecule has 0 amide bonds. The second-order valence-corrected chi connectivity index (χ2v) is 7.55. The maximum atomic E-state index is 12.5. The molecule has 0 aliphatic carbocycles. The van der Waals surface area contributed by atoms with Crippen LogP contribution >= 0.6 is 27.7 Å². The number of fused-ring (bicyclic) bond motifs is 3. The highest BCUT2D eigenvalue weighted by Crippen LogP contribution is 2.29. The molecule has 6 nitrogen and oxygen atoms in total. The van der Waals surface area contributed by atoms with Crippen LogP contribution in [0.25, 0.3) is 16.7 Å². The molecule has 2 aromatic carbocycles. The van der Waals surface area contributed by atoms with Gasteiger partial charge in [0.2, 0.25) is 5.78 Å². The van der Waals surface area contributed by atoms with Crippen molar-refractivity contribution in [1.82, 2.24) is 19.2 Å². The van der Waals surface area contributed by atoms with Gasteiger partial charge in [-0.1, -0.05) is 30.0 Å². The Balaban J connectivity index is 1.76. The molecule has 0 radical (unpaired) electrons. The third-order valence-electron chi connectivity index (χ3n) is 4.18. The Morgan fingerprint density at radius 2 is 2.00 bits per heavy atom. The van der Waals surface area contributed by atoms with Crippen molar-refractivity contribution >= 4 is 44.4 Å². The van der Waals surface area contributed by atoms with E-state index < -0.39 is 0 Å². The van der Waals surface area contributed by atoms with E-state index in [0.29, 0.717) is 11.2 Å². The van der Waals surface area contributed by atoms with Crippen LogP contribution in [0, 0.1) is 0 Å². The number of nitrogens with zero attached hydrogens (tertiary/aromatic N) is 4. The highest BCUT2D eigenvalue weighted by molar-refractivity contribution is 9.10. The van der Waals surface area contributed by atoms with Gasteiger partial charge in [0.05, 0.1) is 22.5 Å². The summed E-state index contributed by atoms with van der Waals surface area (Å²) in [7, 11) is 3.36. The maximum absolute atomic E-state index is 12.5. The Bertz CT molecular complexity index is 1190. The van der Waals surface area contributed by atoms with Crippen molar-refractivity contribution in [2.45, 2.75) is 10.9 Å². The second kappa shape index (κ2) is 6.77. The lowest BCUT2D eigenvalue weighted by Crippen LogP contribution is -2.20. The molecule has 8 heteroatoms. The molecule has 0 bridgehead atoms. The van der Waals surface area contributed by atoms with Crippen LogP contribution in [0.3, 0.4) is 0 Å². The molecular formula is C18H15BrN4O2S. The molecule has 0 spiro atoms. The summed E-state index contributed by atoms with van der Waals surface area (Å²) in [4.78, 5) is 12.5. The van der Waals surface area contributed by atoms with Gasteiger partial charge < -0.3 is 4.74 Å². The summed E-state index contributed by atoms with van der Waals surface area (Å²) in [5, 5.41) is 9.91. The van der Waals surface area contributed by atoms with Crippen LogP contribution in [0.1, 0.15) is 5.56 Å². The van der Waals surface area contributed by atoms with Gasteiger partial charge >= 0.3 is 0 Å². The van der Waals surface area contributed by atoms with E-state index >= 15 is 0 Å². The van der Waals surface area contributed by atoms with Gasteiger partial charge in [0.15, 0.2) is 5.16 Å². The monoisotopic (exact) mass is 430 g/mol. The molecule has 0 saturated heterocycles. The number of halogens is 1.